The summed E-state index contributed by atoms with van der Waals surface area (Å²) in [7, 11) is 0. The van der Waals surface area contributed by atoms with Crippen LogP contribution in [0.1, 0.15) is 51.3 Å². The minimum Gasteiger partial charge on any atom is -0.494 e. The number of fused-ring (bicyclic) bond motifs is 1. The number of hydrogen-bond donors (Lipinski definition) is 1. The standard InChI is InChI=1S/C28H39N3O3S/c1-5-21-8-7-9-22(18-21)29-27(35)31(13-12-30-14-16-32-17-15-30)25-20-28(3,4)34-26-11-10-23(33-6-2)19-24(25)26/h7-11,18-19,25H,5-6,12-17,20H2,1-4H3,(H,29,35). The van der Waals surface area contributed by atoms with Gasteiger partial charge in [-0.3, -0.25) is 4.90 Å². The molecule has 2 aromatic carbocycles. The number of morpholine rings is 1. The van der Waals surface area contributed by atoms with Crippen molar-refractivity contribution in [2.24, 2.45) is 0 Å². The highest BCUT2D eigenvalue weighted by Gasteiger charge is 2.38. The van der Waals surface area contributed by atoms with Crippen LogP contribution in [0.4, 0.5) is 5.69 Å². The molecule has 4 rings (SSSR count). The predicted molar refractivity (Wildman–Crippen MR) is 146 cm³/mol. The van der Waals surface area contributed by atoms with Gasteiger partial charge in [-0.2, -0.15) is 0 Å². The van der Waals surface area contributed by atoms with Crippen LogP contribution in [0.25, 0.3) is 0 Å². The summed E-state index contributed by atoms with van der Waals surface area (Å²) in [4.78, 5) is 4.81. The van der Waals surface area contributed by atoms with Gasteiger partial charge in [0.1, 0.15) is 17.1 Å². The smallest absolute Gasteiger partial charge is 0.173 e. The van der Waals surface area contributed by atoms with Crippen LogP contribution < -0.4 is 14.8 Å². The van der Waals surface area contributed by atoms with E-state index < -0.39 is 0 Å². The topological polar surface area (TPSA) is 46.2 Å². The molecule has 1 saturated heterocycles. The molecule has 1 fully saturated rings. The van der Waals surface area contributed by atoms with Gasteiger partial charge in [0.15, 0.2) is 5.11 Å². The molecule has 6 nitrogen and oxygen atoms in total. The molecule has 0 bridgehead atoms. The molecule has 0 aliphatic carbocycles. The van der Waals surface area contributed by atoms with E-state index in [2.05, 4.69) is 66.2 Å². The van der Waals surface area contributed by atoms with E-state index in [0.717, 1.165) is 80.1 Å². The van der Waals surface area contributed by atoms with Crippen molar-refractivity contribution in [3.05, 3.63) is 53.6 Å². The number of nitrogens with one attached hydrogen (secondary N) is 1. The zero-order chi connectivity index (χ0) is 24.8. The number of nitrogens with zero attached hydrogens (tertiary/aromatic N) is 2. The van der Waals surface area contributed by atoms with Crippen molar-refractivity contribution in [2.75, 3.05) is 51.3 Å². The Balaban J connectivity index is 1.64. The van der Waals surface area contributed by atoms with E-state index >= 15 is 0 Å². The number of benzene rings is 2. The molecule has 2 aliphatic heterocycles. The third kappa shape index (κ3) is 6.66. The second-order valence-electron chi connectivity index (χ2n) is 9.85. The van der Waals surface area contributed by atoms with Gasteiger partial charge in [-0.15, -0.1) is 0 Å². The second kappa shape index (κ2) is 11.6. The molecule has 2 heterocycles. The molecule has 0 spiro atoms. The maximum Gasteiger partial charge on any atom is 0.173 e. The van der Waals surface area contributed by atoms with Crippen LogP contribution in [-0.2, 0) is 11.2 Å². The van der Waals surface area contributed by atoms with Crippen molar-refractivity contribution in [1.82, 2.24) is 9.80 Å². The summed E-state index contributed by atoms with van der Waals surface area (Å²) in [6.07, 6.45) is 1.82. The summed E-state index contributed by atoms with van der Waals surface area (Å²) in [5, 5.41) is 4.28. The average Bonchev–Trinajstić information content (AvgIpc) is 2.85. The Hall–Kier alpha value is -2.35. The molecule has 0 amide bonds. The third-order valence-electron chi connectivity index (χ3n) is 6.71. The quantitative estimate of drug-likeness (QED) is 0.498. The number of aryl methyl sites for hydroxylation is 1. The van der Waals surface area contributed by atoms with E-state index in [9.17, 15) is 0 Å². The molecule has 0 radical (unpaired) electrons. The lowest BCUT2D eigenvalue weighted by molar-refractivity contribution is 0.0266. The van der Waals surface area contributed by atoms with Crippen molar-refractivity contribution < 1.29 is 14.2 Å². The first-order valence-corrected chi connectivity index (χ1v) is 13.2. The van der Waals surface area contributed by atoms with Crippen LogP contribution in [0, 0.1) is 0 Å². The largest absolute Gasteiger partial charge is 0.494 e. The van der Waals surface area contributed by atoms with Crippen LogP contribution >= 0.6 is 12.2 Å². The molecule has 0 aromatic heterocycles. The van der Waals surface area contributed by atoms with Gasteiger partial charge in [-0.1, -0.05) is 19.1 Å². The summed E-state index contributed by atoms with van der Waals surface area (Å²) >= 11 is 6.07. The molecular formula is C28H39N3O3S. The first kappa shape index (κ1) is 25.7. The number of rotatable bonds is 8. The molecule has 190 valence electrons. The zero-order valence-electron chi connectivity index (χ0n) is 21.5. The second-order valence-corrected chi connectivity index (χ2v) is 10.2. The Morgan fingerprint density at radius 3 is 2.71 bits per heavy atom. The minimum atomic E-state index is -0.306. The Morgan fingerprint density at radius 2 is 1.97 bits per heavy atom. The van der Waals surface area contributed by atoms with Crippen molar-refractivity contribution in [1.29, 1.82) is 0 Å². The van der Waals surface area contributed by atoms with Crippen LogP contribution in [0.5, 0.6) is 11.5 Å². The van der Waals surface area contributed by atoms with Crippen LogP contribution in [0.15, 0.2) is 42.5 Å². The SMILES string of the molecule is CCOc1ccc2c(c1)C(N(CCN1CCOCC1)C(=S)Nc1cccc(CC)c1)CC(C)(C)O2. The Labute approximate surface area is 215 Å². The molecule has 1 N–H and O–H groups in total. The van der Waals surface area contributed by atoms with Crippen molar-refractivity contribution in [3.63, 3.8) is 0 Å². The van der Waals surface area contributed by atoms with Gasteiger partial charge in [0.05, 0.1) is 25.9 Å². The fourth-order valence-electron chi connectivity index (χ4n) is 4.87. The van der Waals surface area contributed by atoms with Crippen molar-refractivity contribution in [3.8, 4) is 11.5 Å². The van der Waals surface area contributed by atoms with Crippen molar-refractivity contribution >= 4 is 23.0 Å². The van der Waals surface area contributed by atoms with Gasteiger partial charge in [-0.25, -0.2) is 0 Å². The van der Waals surface area contributed by atoms with Gasteiger partial charge in [0, 0.05) is 43.9 Å². The van der Waals surface area contributed by atoms with Gasteiger partial charge in [0.25, 0.3) is 0 Å². The molecule has 1 unspecified atom stereocenters. The number of ether oxygens (including phenoxy) is 3. The Bertz CT molecular complexity index is 1010. The molecular weight excluding hydrogens is 458 g/mol. The molecule has 0 saturated carbocycles. The lowest BCUT2D eigenvalue weighted by Gasteiger charge is -2.44. The zero-order valence-corrected chi connectivity index (χ0v) is 22.3. The average molecular weight is 498 g/mol. The highest BCUT2D eigenvalue weighted by atomic mass is 32.1. The first-order chi connectivity index (χ1) is 16.9. The normalized spacial score (nSPS) is 19.4. The van der Waals surface area contributed by atoms with Gasteiger partial charge < -0.3 is 24.4 Å². The van der Waals surface area contributed by atoms with E-state index in [1.54, 1.807) is 0 Å². The monoisotopic (exact) mass is 497 g/mol. The number of thiocarbonyl (C=S) groups is 1. The van der Waals surface area contributed by atoms with Gasteiger partial charge >= 0.3 is 0 Å². The molecule has 7 heteroatoms. The van der Waals surface area contributed by atoms with Crippen LogP contribution in [0.2, 0.25) is 0 Å². The van der Waals surface area contributed by atoms with E-state index in [1.807, 2.05) is 19.1 Å². The predicted octanol–water partition coefficient (Wildman–Crippen LogP) is 5.28. The van der Waals surface area contributed by atoms with E-state index in [-0.39, 0.29) is 11.6 Å². The Kier molecular flexibility index (Phi) is 8.52. The van der Waals surface area contributed by atoms with E-state index in [0.29, 0.717) is 6.61 Å². The first-order valence-electron chi connectivity index (χ1n) is 12.8. The number of hydrogen-bond acceptors (Lipinski definition) is 5. The lowest BCUT2D eigenvalue weighted by atomic mass is 9.88. The summed E-state index contributed by atoms with van der Waals surface area (Å²) < 4.78 is 17.8. The summed E-state index contributed by atoms with van der Waals surface area (Å²) in [6.45, 7) is 14.4. The highest BCUT2D eigenvalue weighted by molar-refractivity contribution is 7.80. The van der Waals surface area contributed by atoms with E-state index in [4.69, 9.17) is 26.4 Å². The van der Waals surface area contributed by atoms with Crippen LogP contribution in [0.3, 0.4) is 0 Å². The molecule has 35 heavy (non-hydrogen) atoms. The van der Waals surface area contributed by atoms with Crippen molar-refractivity contribution in [2.45, 2.75) is 52.2 Å². The fraction of sp³-hybridized carbons (Fsp3) is 0.536. The molecule has 2 aliphatic rings. The fourth-order valence-corrected chi connectivity index (χ4v) is 5.20. The Morgan fingerprint density at radius 1 is 1.17 bits per heavy atom. The molecule has 2 aromatic rings. The third-order valence-corrected chi connectivity index (χ3v) is 7.04. The summed E-state index contributed by atoms with van der Waals surface area (Å²) in [5.41, 5.74) is 3.14. The molecule has 1 atom stereocenters. The number of anilines is 1. The van der Waals surface area contributed by atoms with E-state index in [1.165, 1.54) is 5.56 Å². The maximum atomic E-state index is 6.38. The van der Waals surface area contributed by atoms with Gasteiger partial charge in [0.2, 0.25) is 0 Å². The summed E-state index contributed by atoms with van der Waals surface area (Å²) in [6, 6.07) is 14.7. The maximum absolute atomic E-state index is 6.38. The minimum absolute atomic E-state index is 0.0737. The lowest BCUT2D eigenvalue weighted by Crippen LogP contribution is -2.48. The van der Waals surface area contributed by atoms with Gasteiger partial charge in [-0.05, 0) is 75.3 Å². The summed E-state index contributed by atoms with van der Waals surface area (Å²) in [5.74, 6) is 1.77. The highest BCUT2D eigenvalue weighted by Crippen LogP contribution is 2.44. The van der Waals surface area contributed by atoms with Crippen LogP contribution in [-0.4, -0.2) is 66.5 Å².